The van der Waals surface area contributed by atoms with Gasteiger partial charge in [0, 0.05) is 12.6 Å². The summed E-state index contributed by atoms with van der Waals surface area (Å²) in [5.41, 5.74) is 0.0674. The summed E-state index contributed by atoms with van der Waals surface area (Å²) in [5.74, 6) is 2.56. The van der Waals surface area contributed by atoms with Gasteiger partial charge in [0.05, 0.1) is 5.60 Å². The van der Waals surface area contributed by atoms with Crippen molar-refractivity contribution in [1.82, 2.24) is 5.32 Å². The highest BCUT2D eigenvalue weighted by Crippen LogP contribution is 2.40. The summed E-state index contributed by atoms with van der Waals surface area (Å²) in [5, 5.41) is 3.59. The lowest BCUT2D eigenvalue weighted by Gasteiger charge is -2.47. The van der Waals surface area contributed by atoms with E-state index in [2.05, 4.69) is 33.1 Å². The highest BCUT2D eigenvalue weighted by molar-refractivity contribution is 4.96. The predicted octanol–water partition coefficient (Wildman–Crippen LogP) is 3.61. The zero-order chi connectivity index (χ0) is 13.2. The molecule has 0 spiro atoms. The SMILES string of the molecule is CNC(C1CCC(C)C(C)C1)C1(C)CCCCO1. The van der Waals surface area contributed by atoms with E-state index in [9.17, 15) is 0 Å². The van der Waals surface area contributed by atoms with E-state index in [1.54, 1.807) is 0 Å². The van der Waals surface area contributed by atoms with Crippen molar-refractivity contribution in [2.24, 2.45) is 17.8 Å². The average molecular weight is 253 g/mol. The topological polar surface area (TPSA) is 21.3 Å². The molecular weight excluding hydrogens is 222 g/mol. The number of ether oxygens (including phenoxy) is 1. The van der Waals surface area contributed by atoms with Gasteiger partial charge in [-0.2, -0.15) is 0 Å². The lowest BCUT2D eigenvalue weighted by Crippen LogP contribution is -2.55. The molecule has 1 saturated carbocycles. The van der Waals surface area contributed by atoms with Gasteiger partial charge in [-0.3, -0.25) is 0 Å². The van der Waals surface area contributed by atoms with Crippen LogP contribution < -0.4 is 5.32 Å². The highest BCUT2D eigenvalue weighted by atomic mass is 16.5. The Morgan fingerprint density at radius 1 is 1.17 bits per heavy atom. The number of hydrogen-bond donors (Lipinski definition) is 1. The Bertz CT molecular complexity index is 260. The zero-order valence-electron chi connectivity index (χ0n) is 12.7. The monoisotopic (exact) mass is 253 g/mol. The van der Waals surface area contributed by atoms with E-state index in [1.165, 1.54) is 38.5 Å². The number of nitrogens with one attached hydrogen (secondary N) is 1. The van der Waals surface area contributed by atoms with Crippen molar-refractivity contribution in [3.63, 3.8) is 0 Å². The zero-order valence-corrected chi connectivity index (χ0v) is 12.7. The molecule has 0 aromatic rings. The van der Waals surface area contributed by atoms with Crippen molar-refractivity contribution in [1.29, 1.82) is 0 Å². The third-order valence-electron chi connectivity index (χ3n) is 5.58. The van der Waals surface area contributed by atoms with Gasteiger partial charge < -0.3 is 10.1 Å². The van der Waals surface area contributed by atoms with E-state index >= 15 is 0 Å². The Kier molecular flexibility index (Phi) is 4.71. The summed E-state index contributed by atoms with van der Waals surface area (Å²) < 4.78 is 6.17. The van der Waals surface area contributed by atoms with Crippen LogP contribution in [0.5, 0.6) is 0 Å². The molecule has 2 heteroatoms. The molecule has 1 saturated heterocycles. The Balaban J connectivity index is 2.03. The quantitative estimate of drug-likeness (QED) is 0.829. The van der Waals surface area contributed by atoms with E-state index in [0.29, 0.717) is 6.04 Å². The van der Waals surface area contributed by atoms with Crippen molar-refractivity contribution < 1.29 is 4.74 Å². The van der Waals surface area contributed by atoms with Crippen LogP contribution in [-0.2, 0) is 4.74 Å². The van der Waals surface area contributed by atoms with Gasteiger partial charge in [0.1, 0.15) is 0 Å². The Labute approximate surface area is 113 Å². The van der Waals surface area contributed by atoms with Gasteiger partial charge in [-0.25, -0.2) is 0 Å². The van der Waals surface area contributed by atoms with Crippen LogP contribution in [0.25, 0.3) is 0 Å². The fourth-order valence-corrected chi connectivity index (χ4v) is 4.13. The summed E-state index contributed by atoms with van der Waals surface area (Å²) in [6, 6.07) is 0.535. The fraction of sp³-hybridized carbons (Fsp3) is 1.00. The molecule has 106 valence electrons. The largest absolute Gasteiger partial charge is 0.374 e. The molecule has 1 aliphatic carbocycles. The molecule has 2 fully saturated rings. The maximum Gasteiger partial charge on any atom is 0.0809 e. The Morgan fingerprint density at radius 2 is 1.94 bits per heavy atom. The van der Waals surface area contributed by atoms with Crippen LogP contribution in [0.3, 0.4) is 0 Å². The second-order valence-electron chi connectivity index (χ2n) is 6.91. The molecule has 0 amide bonds. The summed E-state index contributed by atoms with van der Waals surface area (Å²) in [6.07, 6.45) is 7.91. The standard InChI is InChI=1S/C16H31NO/c1-12-7-8-14(11-13(12)2)15(17-4)16(3)9-5-6-10-18-16/h12-15,17H,5-11H2,1-4H3. The Morgan fingerprint density at radius 3 is 2.50 bits per heavy atom. The normalized spacial score (nSPS) is 43.7. The van der Waals surface area contributed by atoms with Crippen LogP contribution in [0.1, 0.15) is 59.3 Å². The molecular formula is C16H31NO. The van der Waals surface area contributed by atoms with E-state index in [1.807, 2.05) is 0 Å². The number of rotatable bonds is 3. The first-order valence-electron chi connectivity index (χ1n) is 7.88. The van der Waals surface area contributed by atoms with Crippen LogP contribution >= 0.6 is 0 Å². The maximum absolute atomic E-state index is 6.17. The minimum atomic E-state index is 0.0674. The van der Waals surface area contributed by atoms with Crippen molar-refractivity contribution in [3.05, 3.63) is 0 Å². The number of likely N-dealkylation sites (N-methyl/N-ethyl adjacent to an activating group) is 1. The molecule has 1 N–H and O–H groups in total. The summed E-state index contributed by atoms with van der Waals surface area (Å²) in [4.78, 5) is 0. The predicted molar refractivity (Wildman–Crippen MR) is 76.7 cm³/mol. The minimum Gasteiger partial charge on any atom is -0.374 e. The van der Waals surface area contributed by atoms with Gasteiger partial charge >= 0.3 is 0 Å². The molecule has 2 nitrogen and oxygen atoms in total. The molecule has 0 radical (unpaired) electrons. The van der Waals surface area contributed by atoms with Crippen molar-refractivity contribution in [2.75, 3.05) is 13.7 Å². The second-order valence-corrected chi connectivity index (χ2v) is 6.91. The highest BCUT2D eigenvalue weighted by Gasteiger charge is 2.42. The van der Waals surface area contributed by atoms with Crippen LogP contribution in [0.2, 0.25) is 0 Å². The lowest BCUT2D eigenvalue weighted by atomic mass is 9.69. The molecule has 0 bridgehead atoms. The average Bonchev–Trinajstić information content (AvgIpc) is 2.35. The van der Waals surface area contributed by atoms with Gasteiger partial charge in [0.15, 0.2) is 0 Å². The van der Waals surface area contributed by atoms with Crippen molar-refractivity contribution in [2.45, 2.75) is 70.9 Å². The molecule has 0 aromatic carbocycles. The molecule has 5 unspecified atom stereocenters. The van der Waals surface area contributed by atoms with Crippen LogP contribution in [0.4, 0.5) is 0 Å². The van der Waals surface area contributed by atoms with E-state index < -0.39 is 0 Å². The molecule has 2 rings (SSSR count). The Hall–Kier alpha value is -0.0800. The first-order chi connectivity index (χ1) is 8.57. The minimum absolute atomic E-state index is 0.0674. The lowest BCUT2D eigenvalue weighted by molar-refractivity contribution is -0.104. The van der Waals surface area contributed by atoms with Crippen LogP contribution in [0.15, 0.2) is 0 Å². The van der Waals surface area contributed by atoms with E-state index in [-0.39, 0.29) is 5.60 Å². The molecule has 5 atom stereocenters. The summed E-state index contributed by atoms with van der Waals surface area (Å²) in [6.45, 7) is 8.12. The van der Waals surface area contributed by atoms with Gasteiger partial charge in [-0.15, -0.1) is 0 Å². The van der Waals surface area contributed by atoms with E-state index in [4.69, 9.17) is 4.74 Å². The van der Waals surface area contributed by atoms with Gasteiger partial charge in [-0.1, -0.05) is 20.3 Å². The van der Waals surface area contributed by atoms with E-state index in [0.717, 1.165) is 24.4 Å². The maximum atomic E-state index is 6.17. The second kappa shape index (κ2) is 5.92. The molecule has 2 aliphatic rings. The van der Waals surface area contributed by atoms with Gasteiger partial charge in [0.25, 0.3) is 0 Å². The van der Waals surface area contributed by atoms with Crippen molar-refractivity contribution in [3.8, 4) is 0 Å². The van der Waals surface area contributed by atoms with Crippen LogP contribution in [0, 0.1) is 17.8 Å². The molecule has 1 heterocycles. The number of hydrogen-bond acceptors (Lipinski definition) is 2. The summed E-state index contributed by atoms with van der Waals surface area (Å²) >= 11 is 0. The van der Waals surface area contributed by atoms with Crippen molar-refractivity contribution >= 4 is 0 Å². The molecule has 18 heavy (non-hydrogen) atoms. The fourth-order valence-electron chi connectivity index (χ4n) is 4.13. The first kappa shape index (κ1) is 14.3. The van der Waals surface area contributed by atoms with Crippen LogP contribution in [-0.4, -0.2) is 25.3 Å². The first-order valence-corrected chi connectivity index (χ1v) is 7.88. The van der Waals surface area contributed by atoms with Gasteiger partial charge in [-0.05, 0) is 63.8 Å². The molecule has 0 aromatic heterocycles. The third kappa shape index (κ3) is 2.91. The summed E-state index contributed by atoms with van der Waals surface area (Å²) in [7, 11) is 2.12. The third-order valence-corrected chi connectivity index (χ3v) is 5.58. The smallest absolute Gasteiger partial charge is 0.0809 e. The van der Waals surface area contributed by atoms with Gasteiger partial charge in [0.2, 0.25) is 0 Å². The molecule has 1 aliphatic heterocycles.